The van der Waals surface area contributed by atoms with Crippen LogP contribution in [0.4, 0.5) is 0 Å². The van der Waals surface area contributed by atoms with Gasteiger partial charge in [-0.1, -0.05) is 52.0 Å². The van der Waals surface area contributed by atoms with E-state index in [2.05, 4.69) is 13.5 Å². The van der Waals surface area contributed by atoms with E-state index < -0.39 is 5.97 Å². The molecule has 0 radical (unpaired) electrons. The van der Waals surface area contributed by atoms with Crippen molar-refractivity contribution in [2.45, 2.75) is 97.0 Å². The molecule has 5 nitrogen and oxygen atoms in total. The molecule has 0 spiro atoms. The van der Waals surface area contributed by atoms with E-state index in [1.807, 2.05) is 0 Å². The second kappa shape index (κ2) is 14.3. The van der Waals surface area contributed by atoms with E-state index in [1.54, 1.807) is 31.2 Å². The van der Waals surface area contributed by atoms with Gasteiger partial charge in [0.05, 0.1) is 5.56 Å². The maximum Gasteiger partial charge on any atom is 0.338 e. The third-order valence-corrected chi connectivity index (χ3v) is 7.79. The Balaban J connectivity index is 1.33. The summed E-state index contributed by atoms with van der Waals surface area (Å²) in [5, 5.41) is 0. The molecular formula is C30H44O5. The Morgan fingerprint density at radius 3 is 2.11 bits per heavy atom. The summed E-state index contributed by atoms with van der Waals surface area (Å²) < 4.78 is 16.4. The van der Waals surface area contributed by atoms with E-state index in [1.165, 1.54) is 64.2 Å². The highest BCUT2D eigenvalue weighted by atomic mass is 16.6. The number of ether oxygens (including phenoxy) is 3. The molecule has 0 unspecified atom stereocenters. The first-order valence-electron chi connectivity index (χ1n) is 13.7. The zero-order valence-electron chi connectivity index (χ0n) is 21.8. The standard InChI is InChI=1S/C30H44O5/c1-4-5-6-7-23-8-10-24(11-9-23)25-12-18-28(19-13-25)35-30(32)26-14-16-27(17-15-26)33-20-21-34-29(31)22(2)3/h14-17,23-25,28H,2,4-13,18-21H2,1,3H3/t23-,24-,25?,28?. The fourth-order valence-corrected chi connectivity index (χ4v) is 5.63. The highest BCUT2D eigenvalue weighted by Crippen LogP contribution is 2.41. The molecule has 0 N–H and O–H groups in total. The summed E-state index contributed by atoms with van der Waals surface area (Å²) in [5.41, 5.74) is 0.899. The first-order valence-corrected chi connectivity index (χ1v) is 13.7. The topological polar surface area (TPSA) is 61.8 Å². The Bertz CT molecular complexity index is 799. The van der Waals surface area contributed by atoms with Gasteiger partial charge in [-0.2, -0.15) is 0 Å². The molecule has 35 heavy (non-hydrogen) atoms. The summed E-state index contributed by atoms with van der Waals surface area (Å²) in [6, 6.07) is 6.93. The van der Waals surface area contributed by atoms with Gasteiger partial charge in [0.25, 0.3) is 0 Å². The minimum atomic E-state index is -0.425. The SMILES string of the molecule is C=C(C)C(=O)OCCOc1ccc(C(=O)OC2CCC([C@H]3CC[C@H](CCCCC)CC3)CC2)cc1. The van der Waals surface area contributed by atoms with Crippen molar-refractivity contribution in [3.8, 4) is 5.75 Å². The number of rotatable bonds is 12. The smallest absolute Gasteiger partial charge is 0.338 e. The molecule has 3 rings (SSSR count). The zero-order valence-corrected chi connectivity index (χ0v) is 21.8. The van der Waals surface area contributed by atoms with Gasteiger partial charge in [0.2, 0.25) is 0 Å². The number of carbonyl (C=O) groups is 2. The lowest BCUT2D eigenvalue weighted by Gasteiger charge is -2.37. The quantitative estimate of drug-likeness (QED) is 0.177. The van der Waals surface area contributed by atoms with Crippen LogP contribution in [-0.2, 0) is 14.3 Å². The van der Waals surface area contributed by atoms with Crippen LogP contribution in [0.15, 0.2) is 36.4 Å². The molecular weight excluding hydrogens is 440 g/mol. The van der Waals surface area contributed by atoms with Gasteiger partial charge in [0.15, 0.2) is 0 Å². The van der Waals surface area contributed by atoms with Crippen LogP contribution in [0, 0.1) is 17.8 Å². The first-order chi connectivity index (χ1) is 17.0. The fourth-order valence-electron chi connectivity index (χ4n) is 5.63. The van der Waals surface area contributed by atoms with E-state index in [0.717, 1.165) is 30.6 Å². The molecule has 5 heteroatoms. The highest BCUT2D eigenvalue weighted by molar-refractivity contribution is 5.89. The summed E-state index contributed by atoms with van der Waals surface area (Å²) in [6.45, 7) is 7.82. The summed E-state index contributed by atoms with van der Waals surface area (Å²) in [6.07, 6.45) is 15.5. The lowest BCUT2D eigenvalue weighted by Crippen LogP contribution is -2.29. The van der Waals surface area contributed by atoms with E-state index in [9.17, 15) is 9.59 Å². The van der Waals surface area contributed by atoms with Crippen LogP contribution in [0.1, 0.15) is 101 Å². The van der Waals surface area contributed by atoms with Crippen molar-refractivity contribution in [2.24, 2.45) is 17.8 Å². The van der Waals surface area contributed by atoms with Crippen LogP contribution in [0.2, 0.25) is 0 Å². The Hall–Kier alpha value is -2.30. The van der Waals surface area contributed by atoms with Crippen molar-refractivity contribution in [3.05, 3.63) is 42.0 Å². The predicted molar refractivity (Wildman–Crippen MR) is 138 cm³/mol. The number of hydrogen-bond donors (Lipinski definition) is 0. The summed E-state index contributed by atoms with van der Waals surface area (Å²) in [7, 11) is 0. The first kappa shape index (κ1) is 27.3. The minimum absolute atomic E-state index is 0.0306. The van der Waals surface area contributed by atoms with E-state index >= 15 is 0 Å². The molecule has 0 atom stereocenters. The number of carbonyl (C=O) groups excluding carboxylic acids is 2. The van der Waals surface area contributed by atoms with Crippen LogP contribution < -0.4 is 4.74 Å². The molecule has 2 saturated carbocycles. The monoisotopic (exact) mass is 484 g/mol. The minimum Gasteiger partial charge on any atom is -0.490 e. The van der Waals surface area contributed by atoms with Gasteiger partial charge in [0.1, 0.15) is 25.1 Å². The normalized spacial score (nSPS) is 24.4. The summed E-state index contributed by atoms with van der Waals surface area (Å²) in [4.78, 5) is 24.0. The molecule has 0 aromatic heterocycles. The largest absolute Gasteiger partial charge is 0.490 e. The molecule has 0 saturated heterocycles. The van der Waals surface area contributed by atoms with Crippen LogP contribution in [0.25, 0.3) is 0 Å². The molecule has 2 aliphatic carbocycles. The summed E-state index contributed by atoms with van der Waals surface area (Å²) >= 11 is 0. The van der Waals surface area contributed by atoms with Gasteiger partial charge in [-0.3, -0.25) is 0 Å². The Morgan fingerprint density at radius 2 is 1.51 bits per heavy atom. The Labute approximate surface area is 211 Å². The van der Waals surface area contributed by atoms with Crippen molar-refractivity contribution in [3.63, 3.8) is 0 Å². The molecule has 2 aliphatic rings. The zero-order chi connectivity index (χ0) is 25.0. The van der Waals surface area contributed by atoms with Gasteiger partial charge in [-0.15, -0.1) is 0 Å². The summed E-state index contributed by atoms with van der Waals surface area (Å²) in [5.74, 6) is 2.59. The van der Waals surface area contributed by atoms with E-state index in [4.69, 9.17) is 14.2 Å². The van der Waals surface area contributed by atoms with Crippen molar-refractivity contribution in [1.29, 1.82) is 0 Å². The number of esters is 2. The molecule has 0 amide bonds. The van der Waals surface area contributed by atoms with Crippen LogP contribution in [0.3, 0.4) is 0 Å². The van der Waals surface area contributed by atoms with Crippen molar-refractivity contribution in [1.82, 2.24) is 0 Å². The Morgan fingerprint density at radius 1 is 0.886 bits per heavy atom. The number of benzene rings is 1. The van der Waals surface area contributed by atoms with E-state index in [0.29, 0.717) is 16.9 Å². The van der Waals surface area contributed by atoms with Gasteiger partial charge in [0, 0.05) is 5.57 Å². The average molecular weight is 485 g/mol. The molecule has 1 aromatic carbocycles. The lowest BCUT2D eigenvalue weighted by atomic mass is 9.70. The van der Waals surface area contributed by atoms with Crippen LogP contribution in [0.5, 0.6) is 5.75 Å². The average Bonchev–Trinajstić information content (AvgIpc) is 2.88. The molecule has 0 aliphatic heterocycles. The van der Waals surface area contributed by atoms with Crippen LogP contribution in [-0.4, -0.2) is 31.3 Å². The third-order valence-electron chi connectivity index (χ3n) is 7.79. The molecule has 0 heterocycles. The van der Waals surface area contributed by atoms with Crippen molar-refractivity contribution in [2.75, 3.05) is 13.2 Å². The lowest BCUT2D eigenvalue weighted by molar-refractivity contribution is -0.139. The van der Waals surface area contributed by atoms with Gasteiger partial charge in [-0.05, 0) is 87.5 Å². The van der Waals surface area contributed by atoms with E-state index in [-0.39, 0.29) is 25.3 Å². The molecule has 2 fully saturated rings. The fraction of sp³-hybridized carbons (Fsp3) is 0.667. The van der Waals surface area contributed by atoms with Crippen molar-refractivity contribution < 1.29 is 23.8 Å². The molecule has 1 aromatic rings. The van der Waals surface area contributed by atoms with Gasteiger partial charge in [-0.25, -0.2) is 9.59 Å². The number of unbranched alkanes of at least 4 members (excludes halogenated alkanes) is 2. The third kappa shape index (κ3) is 9.01. The van der Waals surface area contributed by atoms with Crippen LogP contribution >= 0.6 is 0 Å². The predicted octanol–water partition coefficient (Wildman–Crippen LogP) is 7.29. The second-order valence-corrected chi connectivity index (χ2v) is 10.5. The molecule has 194 valence electrons. The number of hydrogen-bond acceptors (Lipinski definition) is 5. The van der Waals surface area contributed by atoms with Crippen molar-refractivity contribution >= 4 is 11.9 Å². The maximum absolute atomic E-state index is 12.6. The maximum atomic E-state index is 12.6. The van der Waals surface area contributed by atoms with Gasteiger partial charge >= 0.3 is 11.9 Å². The Kier molecular flexibility index (Phi) is 11.2. The highest BCUT2D eigenvalue weighted by Gasteiger charge is 2.32. The van der Waals surface area contributed by atoms with Gasteiger partial charge < -0.3 is 14.2 Å². The molecule has 0 bridgehead atoms. The second-order valence-electron chi connectivity index (χ2n) is 10.5.